The van der Waals surface area contributed by atoms with Gasteiger partial charge < -0.3 is 47.7 Å². The number of allylic oxidation sites excluding steroid dienone is 4. The fourth-order valence-electron chi connectivity index (χ4n) is 18.2. The van der Waals surface area contributed by atoms with Gasteiger partial charge in [-0.2, -0.15) is 0 Å². The number of carbonyl (C=O) groups is 8. The van der Waals surface area contributed by atoms with Crippen molar-refractivity contribution in [3.05, 3.63) is 109 Å². The first kappa shape index (κ1) is 85.3. The fourth-order valence-corrected chi connectivity index (χ4v) is 20.9. The summed E-state index contributed by atoms with van der Waals surface area (Å²) in [6, 6.07) is 19.4. The lowest BCUT2D eigenvalue weighted by atomic mass is 9.82. The van der Waals surface area contributed by atoms with E-state index in [1.165, 1.54) is 37.5 Å². The zero-order chi connectivity index (χ0) is 95.9. The molecule has 0 spiro atoms. The molecular formula is C96H124N8O20S2. The molecule has 6 fully saturated rings. The average Bonchev–Trinajstić information content (AvgIpc) is 1.57. The van der Waals surface area contributed by atoms with Crippen LogP contribution in [0.3, 0.4) is 0 Å². The van der Waals surface area contributed by atoms with Crippen molar-refractivity contribution in [3.63, 3.8) is 0 Å². The van der Waals surface area contributed by atoms with E-state index in [0.29, 0.717) is 108 Å². The molecule has 4 aliphatic heterocycles. The highest BCUT2D eigenvalue weighted by Crippen LogP contribution is 2.59. The molecule has 2 saturated heterocycles. The van der Waals surface area contributed by atoms with E-state index in [2.05, 4.69) is 19.4 Å². The SMILES string of the molecule is [2H]C([2H])([2H])C(C)(C)OC(=O)C[C@@H]1C(=O)N2C[C@H](Oc3nc(-c4ccc(OC(C)C)cn4)cc4cc(OC)ccc34)C[C@H]2C(=O)C[C@]2(C(=O)NS(=O)(=O)C3CC3)C[C@H]2/C=C\CC[C@@H](C)C[C@H]1C.[2H]C([2H])([2H])C(C)(C)OC(=O)C[C@@H]1C(=O)N2C[C@H](Oc3nc(-c4ccc(OC(C)C)cn4)cc4cc(OC)ccc34)C[C@H]2C(=O)C[C@]2(C(=O)NS(=O)(=O)C3CC3)C[C@H]2/C=C\CC[C@H](C)C[C@H]1C. The fraction of sp³-hybridized carbons (Fsp3) is 0.583. The first-order valence-corrected chi connectivity index (χ1v) is 47.2. The van der Waals surface area contributed by atoms with E-state index in [4.69, 9.17) is 56.1 Å². The maximum atomic E-state index is 15.2. The number of aromatic nitrogens is 4. The van der Waals surface area contributed by atoms with Crippen LogP contribution in [0.25, 0.3) is 44.3 Å². The summed E-state index contributed by atoms with van der Waals surface area (Å²) in [7, 11) is -4.74. The largest absolute Gasteiger partial charge is 0.497 e. The summed E-state index contributed by atoms with van der Waals surface area (Å²) in [5.74, 6) is -5.78. The standard InChI is InChI=1S/2C48H62N4O10S/c2*1-28(2)60-34-14-18-39(49-26-34)40-21-31-20-33(59-8)13-17-37(31)44(50-40)61-35-22-41-42(53)25-48(46(56)51-63(57,58)36-15-16-36)24-32(48)12-10-9-11-29(3)19-30(4)38(45(55)52(41)27-35)23-43(54)62-47(5,6)7/h2*10,12-14,17-18,20-21,26,28-30,32,35-36,38,41H,9,11,15-16,19,22-25,27H2,1-8H3,(H,51,56)/b2*12-10-/t29-,30+,32+,35+,38-,41-,48+;29-,30-,32-,35-,38+,41+,48-/m01/s1/i2*5D3. The molecule has 14 rings (SSSR count). The van der Waals surface area contributed by atoms with Gasteiger partial charge in [0.25, 0.3) is 0 Å². The summed E-state index contributed by atoms with van der Waals surface area (Å²) in [6.07, 6.45) is 13.8. The molecule has 126 heavy (non-hydrogen) atoms. The number of hydrogen-bond donors (Lipinski definition) is 2. The Morgan fingerprint density at radius 1 is 0.524 bits per heavy atom. The number of hydrogen-bond acceptors (Lipinski definition) is 24. The molecule has 4 amide bonds. The van der Waals surface area contributed by atoms with Gasteiger partial charge in [-0.1, -0.05) is 52.0 Å². The number of esters is 2. The van der Waals surface area contributed by atoms with Gasteiger partial charge in [0.05, 0.1) is 133 Å². The van der Waals surface area contributed by atoms with Gasteiger partial charge in [-0.05, 0) is 265 Å². The second-order valence-corrected chi connectivity index (χ2v) is 41.6. The van der Waals surface area contributed by atoms with Crippen LogP contribution in [-0.2, 0) is 67.9 Å². The van der Waals surface area contributed by atoms with Gasteiger partial charge in [0.1, 0.15) is 46.4 Å². The van der Waals surface area contributed by atoms with Crippen LogP contribution in [0.2, 0.25) is 0 Å². The monoisotopic (exact) mass is 1780 g/mol. The molecule has 14 atom stereocenters. The topological polar surface area (TPSA) is 361 Å². The first-order valence-electron chi connectivity index (χ1n) is 47.1. The molecule has 30 heteroatoms. The Bertz CT molecular complexity index is 5290. The molecule has 0 bridgehead atoms. The third-order valence-electron chi connectivity index (χ3n) is 25.1. The molecule has 680 valence electrons. The molecule has 2 N–H and O–H groups in total. The average molecular weight is 1780 g/mol. The molecule has 8 aliphatic rings. The number of Topliss-reactive ketones (excluding diaryl/α,β-unsaturated/α-hetero) is 2. The van der Waals surface area contributed by atoms with E-state index in [0.717, 1.165) is 23.6 Å². The Balaban J connectivity index is 0.000000224. The van der Waals surface area contributed by atoms with E-state index in [9.17, 15) is 45.6 Å². The number of nitrogens with one attached hydrogen (secondary N) is 2. The van der Waals surface area contributed by atoms with Crippen molar-refractivity contribution in [2.45, 2.75) is 271 Å². The molecule has 0 radical (unpaired) electrons. The molecule has 28 nitrogen and oxygen atoms in total. The van der Waals surface area contributed by atoms with E-state index >= 15 is 9.59 Å². The van der Waals surface area contributed by atoms with Gasteiger partial charge in [0.2, 0.25) is 55.4 Å². The number of sulfonamides is 2. The summed E-state index contributed by atoms with van der Waals surface area (Å²) in [6.45, 7) is 15.3. The third kappa shape index (κ3) is 22.9. The van der Waals surface area contributed by atoms with Crippen molar-refractivity contribution in [2.24, 2.45) is 58.2 Å². The minimum Gasteiger partial charge on any atom is -0.497 e. The van der Waals surface area contributed by atoms with Crippen LogP contribution in [0, 0.1) is 58.2 Å². The highest BCUT2D eigenvalue weighted by atomic mass is 32.2. The van der Waals surface area contributed by atoms with E-state index in [1.54, 1.807) is 63.0 Å². The van der Waals surface area contributed by atoms with E-state index in [1.807, 2.05) is 116 Å². The van der Waals surface area contributed by atoms with Gasteiger partial charge >= 0.3 is 11.9 Å². The van der Waals surface area contributed by atoms with Crippen LogP contribution in [0.4, 0.5) is 0 Å². The quantitative estimate of drug-likeness (QED) is 0.0471. The lowest BCUT2D eigenvalue weighted by Crippen LogP contribution is -2.47. The minimum absolute atomic E-state index is 0.000223. The number of methoxy groups -OCH3 is 2. The molecule has 0 unspecified atom stereocenters. The van der Waals surface area contributed by atoms with Crippen LogP contribution >= 0.6 is 0 Å². The van der Waals surface area contributed by atoms with Crippen molar-refractivity contribution < 1.29 is 101 Å². The highest BCUT2D eigenvalue weighted by molar-refractivity contribution is 7.91. The second-order valence-electron chi connectivity index (χ2n) is 37.7. The zero-order valence-electron chi connectivity index (χ0n) is 80.4. The molecule has 8 heterocycles. The van der Waals surface area contributed by atoms with Gasteiger partial charge in [-0.15, -0.1) is 0 Å². The molecule has 4 aromatic heterocycles. The second kappa shape index (κ2) is 38.1. The number of nitrogens with zero attached hydrogens (tertiary/aromatic N) is 6. The maximum absolute atomic E-state index is 15.2. The van der Waals surface area contributed by atoms with Crippen molar-refractivity contribution in [1.82, 2.24) is 39.2 Å². The van der Waals surface area contributed by atoms with Crippen molar-refractivity contribution >= 4 is 88.7 Å². The van der Waals surface area contributed by atoms with Gasteiger partial charge in [0.15, 0.2) is 11.6 Å². The Morgan fingerprint density at radius 3 is 1.25 bits per heavy atom. The Hall–Kier alpha value is -10.1. The number of pyridine rings is 4. The highest BCUT2D eigenvalue weighted by Gasteiger charge is 2.64. The predicted octanol–water partition coefficient (Wildman–Crippen LogP) is 14.8. The van der Waals surface area contributed by atoms with E-state index in [-0.39, 0.29) is 87.4 Å². The van der Waals surface area contributed by atoms with Crippen LogP contribution < -0.4 is 37.9 Å². The molecule has 4 saturated carbocycles. The van der Waals surface area contributed by atoms with Gasteiger partial charge in [-0.3, -0.25) is 57.8 Å². The Kier molecular flexibility index (Phi) is 25.8. The smallest absolute Gasteiger partial charge is 0.307 e. The van der Waals surface area contributed by atoms with Crippen LogP contribution in [0.1, 0.15) is 221 Å². The lowest BCUT2D eigenvalue weighted by molar-refractivity contribution is -0.160. The normalized spacial score (nSPS) is 28.3. The lowest BCUT2D eigenvalue weighted by Gasteiger charge is -2.32. The molecule has 4 aliphatic carbocycles. The van der Waals surface area contributed by atoms with Crippen molar-refractivity contribution in [1.29, 1.82) is 0 Å². The van der Waals surface area contributed by atoms with Crippen molar-refractivity contribution in [2.75, 3.05) is 27.3 Å². The summed E-state index contributed by atoms with van der Waals surface area (Å²) in [4.78, 5) is 138. The number of carbonyl (C=O) groups excluding carboxylic acids is 8. The number of ether oxygens (including phenoxy) is 8. The number of amides is 4. The first-order chi connectivity index (χ1) is 62.0. The van der Waals surface area contributed by atoms with Crippen LogP contribution in [-0.4, -0.2) is 179 Å². The number of ketones is 2. The molecule has 2 aromatic carbocycles. The third-order valence-corrected chi connectivity index (χ3v) is 28.8. The summed E-state index contributed by atoms with van der Waals surface area (Å²) >= 11 is 0. The number of fused-ring (bicyclic) bond motifs is 6. The van der Waals surface area contributed by atoms with Gasteiger partial charge in [-0.25, -0.2) is 26.8 Å². The molecular weight excluding hydrogens is 1650 g/mol. The summed E-state index contributed by atoms with van der Waals surface area (Å²) in [5.41, 5.74) is -4.35. The number of benzene rings is 2. The predicted molar refractivity (Wildman–Crippen MR) is 475 cm³/mol. The molecule has 6 aromatic rings. The summed E-state index contributed by atoms with van der Waals surface area (Å²) in [5, 5.41) is 1.40. The Labute approximate surface area is 748 Å². The van der Waals surface area contributed by atoms with Gasteiger partial charge in [0, 0.05) is 44.7 Å². The summed E-state index contributed by atoms with van der Waals surface area (Å²) < 4.78 is 152. The minimum atomic E-state index is -3.93. The zero-order valence-corrected chi connectivity index (χ0v) is 76.1. The number of rotatable bonds is 22. The van der Waals surface area contributed by atoms with Crippen LogP contribution in [0.5, 0.6) is 34.8 Å². The van der Waals surface area contributed by atoms with E-state index < -0.39 is 186 Å². The van der Waals surface area contributed by atoms with Crippen molar-refractivity contribution in [3.8, 4) is 57.5 Å². The van der Waals surface area contributed by atoms with Crippen LogP contribution in [0.15, 0.2) is 109 Å². The maximum Gasteiger partial charge on any atom is 0.307 e. The Morgan fingerprint density at radius 2 is 0.905 bits per heavy atom.